The van der Waals surface area contributed by atoms with Crippen molar-refractivity contribution in [3.63, 3.8) is 0 Å². The molecule has 5 aliphatic carbocycles. The highest BCUT2D eigenvalue weighted by Gasteiger charge is 2.53. The molecule has 21 heavy (non-hydrogen) atoms. The lowest BCUT2D eigenvalue weighted by molar-refractivity contribution is -0.0743. The molecule has 4 bridgehead atoms. The number of hydrogen-bond donors (Lipinski definition) is 1. The highest BCUT2D eigenvalue weighted by atomic mass is 15.0. The Hall–Kier alpha value is -0.0400. The fourth-order valence-corrected chi connectivity index (χ4v) is 7.02. The zero-order valence-corrected chi connectivity index (χ0v) is 14.4. The molecule has 4 unspecified atom stereocenters. The molecule has 5 aliphatic rings. The van der Waals surface area contributed by atoms with Crippen LogP contribution in [0, 0.1) is 35.0 Å². The van der Waals surface area contributed by atoms with E-state index < -0.39 is 0 Å². The highest BCUT2D eigenvalue weighted by Crippen LogP contribution is 2.61. The molecule has 1 nitrogen and oxygen atoms in total. The first-order valence-corrected chi connectivity index (χ1v) is 9.82. The predicted octanol–water partition coefficient (Wildman–Crippen LogP) is 5.01. The van der Waals surface area contributed by atoms with Gasteiger partial charge >= 0.3 is 0 Å². The first-order valence-electron chi connectivity index (χ1n) is 9.82. The minimum Gasteiger partial charge on any atom is -0.311 e. The van der Waals surface area contributed by atoms with Crippen molar-refractivity contribution in [1.82, 2.24) is 5.32 Å². The number of hydrogen-bond acceptors (Lipinski definition) is 1. The Labute approximate surface area is 131 Å². The van der Waals surface area contributed by atoms with Gasteiger partial charge in [0.05, 0.1) is 0 Å². The lowest BCUT2D eigenvalue weighted by Crippen LogP contribution is -2.57. The van der Waals surface area contributed by atoms with Gasteiger partial charge in [0.1, 0.15) is 0 Å². The van der Waals surface area contributed by atoms with Crippen molar-refractivity contribution < 1.29 is 0 Å². The maximum absolute atomic E-state index is 4.16. The van der Waals surface area contributed by atoms with Gasteiger partial charge in [-0.3, -0.25) is 0 Å². The summed E-state index contributed by atoms with van der Waals surface area (Å²) in [5.41, 5.74) is 0.676. The van der Waals surface area contributed by atoms with Crippen LogP contribution in [0.2, 0.25) is 0 Å². The second kappa shape index (κ2) is 5.25. The van der Waals surface area contributed by atoms with Gasteiger partial charge in [-0.05, 0) is 86.9 Å². The Morgan fingerprint density at radius 2 is 1.48 bits per heavy atom. The Morgan fingerprint density at radius 3 is 2.05 bits per heavy atom. The second-order valence-corrected chi connectivity index (χ2v) is 9.54. The van der Waals surface area contributed by atoms with Crippen LogP contribution in [-0.2, 0) is 0 Å². The summed E-state index contributed by atoms with van der Waals surface area (Å²) in [6.45, 7) is 7.50. The van der Waals surface area contributed by atoms with Gasteiger partial charge in [-0.15, -0.1) is 0 Å². The highest BCUT2D eigenvalue weighted by molar-refractivity contribution is 5.05. The fourth-order valence-electron chi connectivity index (χ4n) is 7.02. The molecule has 5 fully saturated rings. The second-order valence-electron chi connectivity index (χ2n) is 9.54. The molecule has 5 saturated carbocycles. The summed E-state index contributed by atoms with van der Waals surface area (Å²) in [5, 5.41) is 4.16. The van der Waals surface area contributed by atoms with Crippen LogP contribution >= 0.6 is 0 Å². The molecule has 0 aromatic heterocycles. The molecule has 0 heterocycles. The van der Waals surface area contributed by atoms with Crippen LogP contribution in [0.3, 0.4) is 0 Å². The van der Waals surface area contributed by atoms with E-state index in [0.717, 1.165) is 41.7 Å². The van der Waals surface area contributed by atoms with E-state index in [0.29, 0.717) is 5.41 Å². The molecular formula is C20H35N. The van der Waals surface area contributed by atoms with Gasteiger partial charge in [0.15, 0.2) is 0 Å². The van der Waals surface area contributed by atoms with Crippen molar-refractivity contribution in [2.45, 2.75) is 90.6 Å². The molecule has 0 spiro atoms. The molecule has 1 N–H and O–H groups in total. The summed E-state index contributed by atoms with van der Waals surface area (Å²) >= 11 is 0. The summed E-state index contributed by atoms with van der Waals surface area (Å²) in [4.78, 5) is 0. The molecular weight excluding hydrogens is 254 g/mol. The minimum absolute atomic E-state index is 0.676. The molecule has 120 valence electrons. The van der Waals surface area contributed by atoms with Crippen LogP contribution in [0.15, 0.2) is 0 Å². The van der Waals surface area contributed by atoms with Gasteiger partial charge in [0, 0.05) is 12.1 Å². The van der Waals surface area contributed by atoms with Gasteiger partial charge in [0.2, 0.25) is 0 Å². The number of nitrogens with one attached hydrogen (secondary N) is 1. The van der Waals surface area contributed by atoms with Gasteiger partial charge in [-0.25, -0.2) is 0 Å². The minimum atomic E-state index is 0.676. The molecule has 0 aromatic carbocycles. The summed E-state index contributed by atoms with van der Waals surface area (Å²) < 4.78 is 0. The largest absolute Gasteiger partial charge is 0.311 e. The molecule has 0 amide bonds. The van der Waals surface area contributed by atoms with Crippen molar-refractivity contribution in [1.29, 1.82) is 0 Å². The van der Waals surface area contributed by atoms with Crippen LogP contribution in [0.4, 0.5) is 0 Å². The maximum atomic E-state index is 4.16. The predicted molar refractivity (Wildman–Crippen MR) is 89.2 cm³/mol. The lowest BCUT2D eigenvalue weighted by Gasteiger charge is -2.59. The standard InChI is InChI=1S/C20H35N/c1-13-5-4-6-19(14(13)2)21-15(3)20-10-16-7-17(11-20)9-18(8-16)12-20/h13-19,21H,4-12H2,1-3H3. The SMILES string of the molecule is CC1CCCC(NC(C)C23CC4CC(CC(C4)C2)C3)C1C. The molecule has 1 heteroatoms. The van der Waals surface area contributed by atoms with E-state index in [4.69, 9.17) is 0 Å². The third-order valence-electron chi connectivity index (χ3n) is 8.18. The molecule has 4 atom stereocenters. The van der Waals surface area contributed by atoms with Crippen LogP contribution in [0.25, 0.3) is 0 Å². The quantitative estimate of drug-likeness (QED) is 0.770. The first-order chi connectivity index (χ1) is 10.1. The van der Waals surface area contributed by atoms with Gasteiger partial charge < -0.3 is 5.32 Å². The van der Waals surface area contributed by atoms with E-state index in [9.17, 15) is 0 Å². The first kappa shape index (κ1) is 14.5. The molecule has 0 radical (unpaired) electrons. The fraction of sp³-hybridized carbons (Fsp3) is 1.00. The van der Waals surface area contributed by atoms with Crippen molar-refractivity contribution in [2.24, 2.45) is 35.0 Å². The van der Waals surface area contributed by atoms with Crippen molar-refractivity contribution >= 4 is 0 Å². The maximum Gasteiger partial charge on any atom is 0.00982 e. The average molecular weight is 290 g/mol. The molecule has 5 rings (SSSR count). The van der Waals surface area contributed by atoms with E-state index in [1.165, 1.54) is 19.3 Å². The van der Waals surface area contributed by atoms with E-state index in [1.807, 2.05) is 0 Å². The van der Waals surface area contributed by atoms with Crippen LogP contribution in [0.1, 0.15) is 78.6 Å². The average Bonchev–Trinajstić information content (AvgIpc) is 2.42. The Kier molecular flexibility index (Phi) is 3.64. The summed E-state index contributed by atoms with van der Waals surface area (Å²) in [6.07, 6.45) is 13.7. The summed E-state index contributed by atoms with van der Waals surface area (Å²) in [6, 6.07) is 1.54. The van der Waals surface area contributed by atoms with Crippen molar-refractivity contribution in [2.75, 3.05) is 0 Å². The van der Waals surface area contributed by atoms with Crippen molar-refractivity contribution in [3.05, 3.63) is 0 Å². The van der Waals surface area contributed by atoms with E-state index in [-0.39, 0.29) is 0 Å². The third-order valence-corrected chi connectivity index (χ3v) is 8.18. The van der Waals surface area contributed by atoms with Crippen LogP contribution < -0.4 is 5.32 Å². The number of rotatable bonds is 3. The summed E-state index contributed by atoms with van der Waals surface area (Å²) in [5.74, 6) is 5.05. The third kappa shape index (κ3) is 2.48. The Balaban J connectivity index is 1.46. The zero-order chi connectivity index (χ0) is 14.6. The van der Waals surface area contributed by atoms with Crippen LogP contribution in [-0.4, -0.2) is 12.1 Å². The molecule has 0 aromatic rings. The zero-order valence-electron chi connectivity index (χ0n) is 14.4. The van der Waals surface area contributed by atoms with Gasteiger partial charge in [-0.2, -0.15) is 0 Å². The van der Waals surface area contributed by atoms with Gasteiger partial charge in [-0.1, -0.05) is 26.7 Å². The molecule has 0 aliphatic heterocycles. The Bertz CT molecular complexity index is 352. The smallest absolute Gasteiger partial charge is 0.00982 e. The lowest BCUT2D eigenvalue weighted by atomic mass is 9.48. The van der Waals surface area contributed by atoms with E-state index in [1.54, 1.807) is 38.5 Å². The van der Waals surface area contributed by atoms with Crippen LogP contribution in [0.5, 0.6) is 0 Å². The molecule has 0 saturated heterocycles. The topological polar surface area (TPSA) is 12.0 Å². The van der Waals surface area contributed by atoms with E-state index in [2.05, 4.69) is 26.1 Å². The normalized spacial score (nSPS) is 53.9. The Morgan fingerprint density at radius 1 is 0.905 bits per heavy atom. The van der Waals surface area contributed by atoms with Crippen molar-refractivity contribution in [3.8, 4) is 0 Å². The van der Waals surface area contributed by atoms with E-state index >= 15 is 0 Å². The monoisotopic (exact) mass is 289 g/mol. The van der Waals surface area contributed by atoms with Gasteiger partial charge in [0.25, 0.3) is 0 Å². The summed E-state index contributed by atoms with van der Waals surface area (Å²) in [7, 11) is 0.